The van der Waals surface area contributed by atoms with Crippen LogP contribution in [0.2, 0.25) is 10.0 Å². The fourth-order valence-electron chi connectivity index (χ4n) is 2.80. The summed E-state index contributed by atoms with van der Waals surface area (Å²) in [5.41, 5.74) is 3.77. The van der Waals surface area contributed by atoms with Crippen molar-refractivity contribution in [1.82, 2.24) is 4.98 Å². The van der Waals surface area contributed by atoms with Gasteiger partial charge >= 0.3 is 0 Å². The molecule has 0 bridgehead atoms. The lowest BCUT2D eigenvalue weighted by Gasteiger charge is -2.07. The third-order valence-electron chi connectivity index (χ3n) is 4.17. The van der Waals surface area contributed by atoms with Crippen LogP contribution in [0.1, 0.15) is 24.3 Å². The van der Waals surface area contributed by atoms with Gasteiger partial charge in [0.05, 0.1) is 22.8 Å². The van der Waals surface area contributed by atoms with Crippen molar-refractivity contribution in [2.45, 2.75) is 20.3 Å². The van der Waals surface area contributed by atoms with E-state index in [1.165, 1.54) is 4.88 Å². The number of nitrogens with one attached hydrogen (secondary N) is 1. The molecule has 0 fully saturated rings. The topological polar surface area (TPSA) is 34.1 Å². The van der Waals surface area contributed by atoms with Crippen molar-refractivity contribution < 1.29 is 4.74 Å². The molecule has 3 aromatic rings. The lowest BCUT2D eigenvalue weighted by Crippen LogP contribution is -1.94. The molecule has 146 valence electrons. The number of aromatic nitrogens is 1. The second kappa shape index (κ2) is 8.99. The Hall–Kier alpha value is -2.01. The molecule has 0 atom stereocenters. The van der Waals surface area contributed by atoms with Gasteiger partial charge in [-0.2, -0.15) is 0 Å². The monoisotopic (exact) mass is 432 g/mol. The third kappa shape index (κ3) is 4.88. The van der Waals surface area contributed by atoms with Crippen molar-refractivity contribution in [3.8, 4) is 11.3 Å². The summed E-state index contributed by atoms with van der Waals surface area (Å²) in [4.78, 5) is 6.06. The highest BCUT2D eigenvalue weighted by atomic mass is 35.5. The van der Waals surface area contributed by atoms with Crippen LogP contribution in [0.4, 0.5) is 10.8 Å². The number of ether oxygens (including phenoxy) is 1. The van der Waals surface area contributed by atoms with Crippen LogP contribution in [-0.4, -0.2) is 12.1 Å². The molecule has 1 aromatic heterocycles. The minimum atomic E-state index is 0.517. The number of benzene rings is 2. The van der Waals surface area contributed by atoms with Gasteiger partial charge in [-0.05, 0) is 36.6 Å². The van der Waals surface area contributed by atoms with E-state index in [1.54, 1.807) is 18.4 Å². The van der Waals surface area contributed by atoms with Crippen LogP contribution in [0, 0.1) is 5.92 Å². The fourth-order valence-corrected chi connectivity index (χ4v) is 4.31. The molecule has 0 amide bonds. The summed E-state index contributed by atoms with van der Waals surface area (Å²) in [7, 11) is 1.62. The average Bonchev–Trinajstić information content (AvgIpc) is 3.04. The van der Waals surface area contributed by atoms with Crippen LogP contribution in [0.3, 0.4) is 0 Å². The normalized spacial score (nSPS) is 10.9. The lowest BCUT2D eigenvalue weighted by atomic mass is 10.0. The molecule has 0 unspecified atom stereocenters. The highest BCUT2D eigenvalue weighted by Crippen LogP contribution is 2.36. The number of hydrogen-bond donors (Lipinski definition) is 1. The summed E-state index contributed by atoms with van der Waals surface area (Å²) in [5, 5.41) is 5.31. The highest BCUT2D eigenvalue weighted by molar-refractivity contribution is 7.16. The molecule has 28 heavy (non-hydrogen) atoms. The molecule has 3 nitrogen and oxygen atoms in total. The Morgan fingerprint density at radius 2 is 1.96 bits per heavy atom. The highest BCUT2D eigenvalue weighted by Gasteiger charge is 2.16. The van der Waals surface area contributed by atoms with Crippen molar-refractivity contribution in [2.24, 2.45) is 5.92 Å². The number of methoxy groups -OCH3 is 1. The molecule has 2 aromatic carbocycles. The molecule has 0 saturated heterocycles. The van der Waals surface area contributed by atoms with Gasteiger partial charge < -0.3 is 10.1 Å². The number of nitrogens with zero attached hydrogens (tertiary/aromatic N) is 1. The Balaban J connectivity index is 1.95. The van der Waals surface area contributed by atoms with E-state index in [0.29, 0.717) is 21.7 Å². The molecule has 3 rings (SSSR count). The first-order chi connectivity index (χ1) is 13.4. The first-order valence-corrected chi connectivity index (χ1v) is 10.5. The van der Waals surface area contributed by atoms with Gasteiger partial charge in [0.15, 0.2) is 5.13 Å². The molecule has 0 aliphatic carbocycles. The molecular formula is C22H22Cl2N2OS. The Kier molecular flexibility index (Phi) is 6.65. The third-order valence-corrected chi connectivity index (χ3v) is 5.90. The largest absolute Gasteiger partial charge is 0.497 e. The smallest absolute Gasteiger partial charge is 0.187 e. The van der Waals surface area contributed by atoms with E-state index >= 15 is 0 Å². The van der Waals surface area contributed by atoms with Crippen molar-refractivity contribution in [1.29, 1.82) is 0 Å². The minimum absolute atomic E-state index is 0.517. The van der Waals surface area contributed by atoms with Crippen LogP contribution in [0.25, 0.3) is 17.0 Å². The number of hydrogen-bond acceptors (Lipinski definition) is 4. The van der Waals surface area contributed by atoms with E-state index in [2.05, 4.69) is 25.7 Å². The van der Waals surface area contributed by atoms with Crippen LogP contribution >= 0.6 is 34.5 Å². The number of halogens is 2. The first-order valence-electron chi connectivity index (χ1n) is 8.93. The predicted octanol–water partition coefficient (Wildman–Crippen LogP) is 7.68. The van der Waals surface area contributed by atoms with E-state index in [9.17, 15) is 0 Å². The number of rotatable bonds is 7. The Labute approximate surface area is 180 Å². The molecular weight excluding hydrogens is 411 g/mol. The molecule has 0 saturated carbocycles. The Morgan fingerprint density at radius 3 is 2.64 bits per heavy atom. The van der Waals surface area contributed by atoms with E-state index < -0.39 is 0 Å². The first kappa shape index (κ1) is 20.7. The van der Waals surface area contributed by atoms with Gasteiger partial charge in [0.2, 0.25) is 0 Å². The van der Waals surface area contributed by atoms with Crippen LogP contribution < -0.4 is 5.32 Å². The standard InChI is InChI=1S/C22H22Cl2N2OS/c1-13(2)10-20-21(16-8-9-18(23)19(24)12-16)26-22(28-20)25-17-7-5-6-15(11-17)14(3)27-4/h5-9,11-13H,3,10H2,1-2,4H3,(H,25,26). The van der Waals surface area contributed by atoms with Gasteiger partial charge in [0.25, 0.3) is 0 Å². The SMILES string of the molecule is C=C(OC)c1cccc(Nc2nc(-c3ccc(Cl)c(Cl)c3)c(CC(C)C)s2)c1. The molecule has 1 heterocycles. The maximum absolute atomic E-state index is 6.23. The quantitative estimate of drug-likeness (QED) is 0.388. The van der Waals surface area contributed by atoms with E-state index in [1.807, 2.05) is 42.5 Å². The second-order valence-electron chi connectivity index (χ2n) is 6.85. The number of thiazole rings is 1. The molecule has 0 radical (unpaired) electrons. The number of anilines is 2. The molecule has 0 aliphatic rings. The molecule has 1 N–H and O–H groups in total. The van der Waals surface area contributed by atoms with E-state index in [0.717, 1.165) is 34.1 Å². The summed E-state index contributed by atoms with van der Waals surface area (Å²) in [6, 6.07) is 13.6. The Morgan fingerprint density at radius 1 is 1.18 bits per heavy atom. The maximum atomic E-state index is 6.23. The summed E-state index contributed by atoms with van der Waals surface area (Å²) < 4.78 is 5.23. The second-order valence-corrected chi connectivity index (χ2v) is 8.75. The van der Waals surface area contributed by atoms with Gasteiger partial charge in [0.1, 0.15) is 5.76 Å². The van der Waals surface area contributed by atoms with Crippen molar-refractivity contribution in [3.63, 3.8) is 0 Å². The van der Waals surface area contributed by atoms with Crippen molar-refractivity contribution in [2.75, 3.05) is 12.4 Å². The summed E-state index contributed by atoms with van der Waals surface area (Å²) >= 11 is 14.0. The van der Waals surface area contributed by atoms with Gasteiger partial charge in [-0.15, -0.1) is 11.3 Å². The zero-order chi connectivity index (χ0) is 20.3. The van der Waals surface area contributed by atoms with Crippen molar-refractivity contribution >= 4 is 51.1 Å². The fraction of sp³-hybridized carbons (Fsp3) is 0.227. The van der Waals surface area contributed by atoms with E-state index in [4.69, 9.17) is 32.9 Å². The summed E-state index contributed by atoms with van der Waals surface area (Å²) in [6.45, 7) is 8.31. The summed E-state index contributed by atoms with van der Waals surface area (Å²) in [6.07, 6.45) is 0.940. The van der Waals surface area contributed by atoms with Gasteiger partial charge in [-0.25, -0.2) is 4.98 Å². The zero-order valence-electron chi connectivity index (χ0n) is 16.1. The molecule has 6 heteroatoms. The van der Waals surface area contributed by atoms with Crippen molar-refractivity contribution in [3.05, 3.63) is 69.5 Å². The Bertz CT molecular complexity index is 998. The lowest BCUT2D eigenvalue weighted by molar-refractivity contribution is 0.371. The van der Waals surface area contributed by atoms with Crippen LogP contribution in [-0.2, 0) is 11.2 Å². The predicted molar refractivity (Wildman–Crippen MR) is 122 cm³/mol. The average molecular weight is 433 g/mol. The maximum Gasteiger partial charge on any atom is 0.187 e. The van der Waals surface area contributed by atoms with Gasteiger partial charge in [0, 0.05) is 21.7 Å². The zero-order valence-corrected chi connectivity index (χ0v) is 18.4. The minimum Gasteiger partial charge on any atom is -0.497 e. The van der Waals surface area contributed by atoms with Crippen LogP contribution in [0.5, 0.6) is 0 Å². The van der Waals surface area contributed by atoms with Gasteiger partial charge in [-0.3, -0.25) is 0 Å². The summed E-state index contributed by atoms with van der Waals surface area (Å²) in [5.74, 6) is 1.14. The molecule has 0 aliphatic heterocycles. The van der Waals surface area contributed by atoms with Gasteiger partial charge in [-0.1, -0.05) is 61.8 Å². The molecule has 0 spiro atoms. The van der Waals surface area contributed by atoms with E-state index in [-0.39, 0.29) is 0 Å². The van der Waals surface area contributed by atoms with Crippen LogP contribution in [0.15, 0.2) is 49.0 Å².